The highest BCUT2D eigenvalue weighted by atomic mass is 16.5. The first-order chi connectivity index (χ1) is 11.4. The number of hydrogen-bond acceptors (Lipinski definition) is 4. The third-order valence-electron chi connectivity index (χ3n) is 3.12. The normalized spacial score (nSPS) is 11.6. The molecule has 4 N–H and O–H groups in total. The Morgan fingerprint density at radius 2 is 1.83 bits per heavy atom. The van der Waals surface area contributed by atoms with Crippen LogP contribution in [0, 0.1) is 5.92 Å². The van der Waals surface area contributed by atoms with Crippen LogP contribution in [0.1, 0.15) is 25.8 Å². The van der Waals surface area contributed by atoms with Crippen LogP contribution in [0.25, 0.3) is 0 Å². The van der Waals surface area contributed by atoms with Gasteiger partial charge in [0.1, 0.15) is 6.04 Å². The summed E-state index contributed by atoms with van der Waals surface area (Å²) in [6.45, 7) is 4.40. The van der Waals surface area contributed by atoms with Crippen LogP contribution in [0.5, 0.6) is 0 Å². The lowest BCUT2D eigenvalue weighted by atomic mass is 10.1. The van der Waals surface area contributed by atoms with E-state index in [0.29, 0.717) is 13.0 Å². The van der Waals surface area contributed by atoms with Gasteiger partial charge < -0.3 is 21.1 Å². The summed E-state index contributed by atoms with van der Waals surface area (Å²) < 4.78 is 4.96. The third-order valence-corrected chi connectivity index (χ3v) is 3.12. The van der Waals surface area contributed by atoms with Crippen molar-refractivity contribution in [1.82, 2.24) is 10.6 Å². The van der Waals surface area contributed by atoms with Crippen molar-refractivity contribution >= 4 is 17.9 Å². The van der Waals surface area contributed by atoms with Crippen LogP contribution in [0.15, 0.2) is 30.3 Å². The van der Waals surface area contributed by atoms with Crippen LogP contribution in [0.3, 0.4) is 0 Å². The van der Waals surface area contributed by atoms with E-state index >= 15 is 0 Å². The van der Waals surface area contributed by atoms with E-state index in [2.05, 4.69) is 10.6 Å². The second-order valence-electron chi connectivity index (χ2n) is 5.89. The molecule has 1 rings (SSSR count). The van der Waals surface area contributed by atoms with Crippen molar-refractivity contribution in [2.45, 2.75) is 32.7 Å². The van der Waals surface area contributed by atoms with E-state index < -0.39 is 23.9 Å². The number of hydrogen-bond donors (Lipinski definition) is 3. The molecular formula is C17H25N3O4. The summed E-state index contributed by atoms with van der Waals surface area (Å²) in [5, 5.41) is 5.07. The number of primary amides is 1. The van der Waals surface area contributed by atoms with Gasteiger partial charge in [0.25, 0.3) is 0 Å². The van der Waals surface area contributed by atoms with Crippen molar-refractivity contribution in [2.24, 2.45) is 11.7 Å². The number of alkyl carbamates (subject to hydrolysis) is 1. The fraction of sp³-hybridized carbons (Fsp3) is 0.471. The van der Waals surface area contributed by atoms with E-state index in [4.69, 9.17) is 10.5 Å². The highest BCUT2D eigenvalue weighted by molar-refractivity contribution is 5.90. The van der Waals surface area contributed by atoms with Crippen LogP contribution in [-0.4, -0.2) is 37.1 Å². The molecule has 0 saturated heterocycles. The van der Waals surface area contributed by atoms with Gasteiger partial charge in [-0.25, -0.2) is 4.79 Å². The lowest BCUT2D eigenvalue weighted by molar-refractivity contribution is -0.127. The lowest BCUT2D eigenvalue weighted by Gasteiger charge is -2.17. The SMILES string of the molecule is CC(C)COC(=O)N[C@H](CC(N)=O)C(=O)NCCc1ccccc1. The average Bonchev–Trinajstić information content (AvgIpc) is 2.52. The second-order valence-corrected chi connectivity index (χ2v) is 5.89. The molecule has 0 aliphatic carbocycles. The minimum atomic E-state index is -1.04. The van der Waals surface area contributed by atoms with E-state index in [1.54, 1.807) is 0 Å². The van der Waals surface area contributed by atoms with E-state index in [0.717, 1.165) is 5.56 Å². The summed E-state index contributed by atoms with van der Waals surface area (Å²) in [7, 11) is 0. The molecule has 1 atom stereocenters. The van der Waals surface area contributed by atoms with Gasteiger partial charge in [0.15, 0.2) is 0 Å². The molecule has 0 fully saturated rings. The van der Waals surface area contributed by atoms with Crippen LogP contribution < -0.4 is 16.4 Å². The number of nitrogens with one attached hydrogen (secondary N) is 2. The molecule has 1 aromatic rings. The number of amides is 3. The number of benzene rings is 1. The second kappa shape index (κ2) is 10.3. The van der Waals surface area contributed by atoms with Gasteiger partial charge in [-0.05, 0) is 17.9 Å². The Morgan fingerprint density at radius 1 is 1.17 bits per heavy atom. The number of ether oxygens (including phenoxy) is 1. The monoisotopic (exact) mass is 335 g/mol. The number of carbonyl (C=O) groups is 3. The standard InChI is InChI=1S/C17H25N3O4/c1-12(2)11-24-17(23)20-14(10-15(18)21)16(22)19-9-8-13-6-4-3-5-7-13/h3-7,12,14H,8-11H2,1-2H3,(H2,18,21)(H,19,22)(H,20,23)/t14-/m1/s1. The molecule has 0 radical (unpaired) electrons. The molecule has 24 heavy (non-hydrogen) atoms. The largest absolute Gasteiger partial charge is 0.449 e. The van der Waals surface area contributed by atoms with Gasteiger partial charge in [0.2, 0.25) is 11.8 Å². The number of nitrogens with two attached hydrogens (primary N) is 1. The number of rotatable bonds is 9. The smallest absolute Gasteiger partial charge is 0.407 e. The Kier molecular flexibility index (Phi) is 8.32. The van der Waals surface area contributed by atoms with Crippen LogP contribution >= 0.6 is 0 Å². The summed E-state index contributed by atoms with van der Waals surface area (Å²) >= 11 is 0. The van der Waals surface area contributed by atoms with Gasteiger partial charge in [-0.1, -0.05) is 44.2 Å². The van der Waals surface area contributed by atoms with Crippen molar-refractivity contribution in [1.29, 1.82) is 0 Å². The molecule has 3 amide bonds. The van der Waals surface area contributed by atoms with Crippen molar-refractivity contribution < 1.29 is 19.1 Å². The van der Waals surface area contributed by atoms with Gasteiger partial charge in [0.05, 0.1) is 13.0 Å². The Hall–Kier alpha value is -2.57. The van der Waals surface area contributed by atoms with Gasteiger partial charge >= 0.3 is 6.09 Å². The predicted molar refractivity (Wildman–Crippen MR) is 90.1 cm³/mol. The molecule has 0 spiro atoms. The van der Waals surface area contributed by atoms with Crippen molar-refractivity contribution in [3.63, 3.8) is 0 Å². The van der Waals surface area contributed by atoms with Gasteiger partial charge in [-0.3, -0.25) is 9.59 Å². The highest BCUT2D eigenvalue weighted by Crippen LogP contribution is 2.00. The highest BCUT2D eigenvalue weighted by Gasteiger charge is 2.23. The Balaban J connectivity index is 2.48. The maximum atomic E-state index is 12.2. The van der Waals surface area contributed by atoms with E-state index in [9.17, 15) is 14.4 Å². The maximum Gasteiger partial charge on any atom is 0.407 e. The summed E-state index contributed by atoms with van der Waals surface area (Å²) in [6.07, 6.45) is -0.380. The number of carbonyl (C=O) groups excluding carboxylic acids is 3. The summed E-state index contributed by atoms with van der Waals surface area (Å²) in [4.78, 5) is 34.9. The molecule has 1 aromatic carbocycles. The minimum absolute atomic E-state index is 0.171. The van der Waals surface area contributed by atoms with Gasteiger partial charge in [-0.2, -0.15) is 0 Å². The van der Waals surface area contributed by atoms with Crippen molar-refractivity contribution in [3.8, 4) is 0 Å². The van der Waals surface area contributed by atoms with Gasteiger partial charge in [0, 0.05) is 6.54 Å². The Bertz CT molecular complexity index is 546. The zero-order valence-electron chi connectivity index (χ0n) is 14.1. The molecule has 0 heterocycles. The van der Waals surface area contributed by atoms with Crippen molar-refractivity contribution in [2.75, 3.05) is 13.2 Å². The van der Waals surface area contributed by atoms with Gasteiger partial charge in [-0.15, -0.1) is 0 Å². The fourth-order valence-corrected chi connectivity index (χ4v) is 1.93. The van der Waals surface area contributed by atoms with E-state index in [-0.39, 0.29) is 18.9 Å². The fourth-order valence-electron chi connectivity index (χ4n) is 1.93. The molecule has 0 aliphatic heterocycles. The van der Waals surface area contributed by atoms with Crippen molar-refractivity contribution in [3.05, 3.63) is 35.9 Å². The molecule has 7 nitrogen and oxygen atoms in total. The maximum absolute atomic E-state index is 12.2. The Labute approximate surface area is 141 Å². The first-order valence-corrected chi connectivity index (χ1v) is 7.91. The lowest BCUT2D eigenvalue weighted by Crippen LogP contribution is -2.49. The minimum Gasteiger partial charge on any atom is -0.449 e. The molecule has 0 bridgehead atoms. The zero-order valence-corrected chi connectivity index (χ0v) is 14.1. The molecule has 0 unspecified atom stereocenters. The molecule has 7 heteroatoms. The molecule has 0 aliphatic rings. The summed E-state index contributed by atoms with van der Waals surface area (Å²) in [6, 6.07) is 8.61. The topological polar surface area (TPSA) is 111 Å². The van der Waals surface area contributed by atoms with E-state index in [1.807, 2.05) is 44.2 Å². The zero-order chi connectivity index (χ0) is 17.9. The summed E-state index contributed by atoms with van der Waals surface area (Å²) in [5.74, 6) is -0.973. The Morgan fingerprint density at radius 3 is 2.42 bits per heavy atom. The first kappa shape index (κ1) is 19.5. The van der Waals surface area contributed by atoms with E-state index in [1.165, 1.54) is 0 Å². The third kappa shape index (κ3) is 8.17. The quantitative estimate of drug-likeness (QED) is 0.624. The van der Waals surface area contributed by atoms with Crippen LogP contribution in [0.4, 0.5) is 4.79 Å². The first-order valence-electron chi connectivity index (χ1n) is 7.91. The summed E-state index contributed by atoms with van der Waals surface area (Å²) in [5.41, 5.74) is 6.22. The molecule has 0 saturated carbocycles. The molecular weight excluding hydrogens is 310 g/mol. The van der Waals surface area contributed by atoms with Crippen LogP contribution in [-0.2, 0) is 20.7 Å². The predicted octanol–water partition coefficient (Wildman–Crippen LogP) is 0.972. The average molecular weight is 335 g/mol. The molecule has 132 valence electrons. The molecule has 0 aromatic heterocycles. The van der Waals surface area contributed by atoms with Crippen LogP contribution in [0.2, 0.25) is 0 Å².